The fourth-order valence-corrected chi connectivity index (χ4v) is 3.26. The number of carboxylic acids is 1. The monoisotopic (exact) mass is 568 g/mol. The number of carboxylic acid groups (broad SMARTS) is 1. The lowest BCUT2D eigenvalue weighted by atomic mass is 9.87. The molecule has 40 heavy (non-hydrogen) atoms. The first-order chi connectivity index (χ1) is 18.4. The molecule has 0 radical (unpaired) electrons. The van der Waals surface area contributed by atoms with Crippen molar-refractivity contribution in [1.82, 2.24) is 14.6 Å². The molecular weight excluding hydrogens is 546 g/mol. The van der Waals surface area contributed by atoms with Crippen LogP contribution in [0.15, 0.2) is 66.9 Å². The minimum atomic E-state index is -5.08. The highest BCUT2D eigenvalue weighted by Crippen LogP contribution is 2.27. The summed E-state index contributed by atoms with van der Waals surface area (Å²) in [6.07, 6.45) is -8.32. The Kier molecular flexibility index (Phi) is 8.41. The summed E-state index contributed by atoms with van der Waals surface area (Å²) in [6.45, 7) is 6.29. The summed E-state index contributed by atoms with van der Waals surface area (Å²) in [5, 5.41) is 14.3. The standard InChI is InChI=1S/C24H21F3N4O2.C2HF3O2/c1-23(2,3)17-9-7-15(8-10-17)22(32)29-20-14-31-21(28-20)12-11-19(30-31)16-5-4-6-18(13-16)33-24(25,26)27;3-2(4,5)1(6)7/h4-14H,1-3H3,(H,29,32);(H,6,7). The number of aliphatic carboxylic acids is 1. The molecule has 0 unspecified atom stereocenters. The summed E-state index contributed by atoms with van der Waals surface area (Å²) in [6, 6.07) is 16.2. The molecule has 2 N–H and O–H groups in total. The zero-order valence-corrected chi connectivity index (χ0v) is 21.1. The Hall–Kier alpha value is -4.62. The van der Waals surface area contributed by atoms with Crippen LogP contribution in [0.4, 0.5) is 32.2 Å². The summed E-state index contributed by atoms with van der Waals surface area (Å²) < 4.78 is 74.7. The number of hydrogen-bond donors (Lipinski definition) is 2. The molecule has 14 heteroatoms. The first kappa shape index (κ1) is 29.9. The van der Waals surface area contributed by atoms with Gasteiger partial charge in [-0.1, -0.05) is 45.0 Å². The van der Waals surface area contributed by atoms with E-state index in [9.17, 15) is 31.1 Å². The van der Waals surface area contributed by atoms with Gasteiger partial charge in [0.2, 0.25) is 0 Å². The van der Waals surface area contributed by atoms with E-state index in [1.165, 1.54) is 28.9 Å². The Morgan fingerprint density at radius 1 is 0.925 bits per heavy atom. The lowest BCUT2D eigenvalue weighted by molar-refractivity contribution is -0.274. The van der Waals surface area contributed by atoms with E-state index < -0.39 is 18.5 Å². The molecule has 0 saturated carbocycles. The zero-order valence-electron chi connectivity index (χ0n) is 21.1. The summed E-state index contributed by atoms with van der Waals surface area (Å²) in [4.78, 5) is 25.8. The Morgan fingerprint density at radius 2 is 1.55 bits per heavy atom. The number of halogens is 6. The third kappa shape index (κ3) is 8.19. The van der Waals surface area contributed by atoms with Gasteiger partial charge in [-0.15, -0.1) is 13.2 Å². The Labute approximate surface area is 223 Å². The number of nitrogens with zero attached hydrogens (tertiary/aromatic N) is 3. The molecular formula is C26H22F6N4O4. The first-order valence-electron chi connectivity index (χ1n) is 11.4. The van der Waals surface area contributed by atoms with Crippen molar-refractivity contribution in [3.8, 4) is 17.0 Å². The van der Waals surface area contributed by atoms with E-state index in [2.05, 4.69) is 40.9 Å². The van der Waals surface area contributed by atoms with E-state index in [-0.39, 0.29) is 17.1 Å². The third-order valence-corrected chi connectivity index (χ3v) is 5.18. The number of anilines is 1. The van der Waals surface area contributed by atoms with E-state index >= 15 is 0 Å². The number of amides is 1. The van der Waals surface area contributed by atoms with E-state index in [0.29, 0.717) is 28.3 Å². The van der Waals surface area contributed by atoms with Gasteiger partial charge in [-0.2, -0.15) is 18.3 Å². The quantitative estimate of drug-likeness (QED) is 0.273. The Balaban J connectivity index is 0.000000559. The molecule has 0 aliphatic rings. The number of rotatable bonds is 4. The Bertz CT molecular complexity index is 1510. The van der Waals surface area contributed by atoms with Crippen molar-refractivity contribution in [3.63, 3.8) is 0 Å². The lowest BCUT2D eigenvalue weighted by Crippen LogP contribution is -2.21. The number of alkyl halides is 6. The van der Waals surface area contributed by atoms with Gasteiger partial charge in [-0.25, -0.2) is 14.3 Å². The summed E-state index contributed by atoms with van der Waals surface area (Å²) in [7, 11) is 0. The number of imidazole rings is 1. The van der Waals surface area contributed by atoms with Gasteiger partial charge in [-0.3, -0.25) is 4.79 Å². The van der Waals surface area contributed by atoms with Gasteiger partial charge in [0.15, 0.2) is 11.5 Å². The molecule has 0 aliphatic heterocycles. The second-order valence-corrected chi connectivity index (χ2v) is 9.31. The summed E-state index contributed by atoms with van der Waals surface area (Å²) in [5.74, 6) is -3.10. The van der Waals surface area contributed by atoms with Crippen molar-refractivity contribution >= 4 is 23.3 Å². The van der Waals surface area contributed by atoms with Gasteiger partial charge in [0.05, 0.1) is 11.9 Å². The first-order valence-corrected chi connectivity index (χ1v) is 11.4. The molecule has 212 valence electrons. The highest BCUT2D eigenvalue weighted by molar-refractivity contribution is 6.03. The number of benzene rings is 2. The summed E-state index contributed by atoms with van der Waals surface area (Å²) in [5.41, 5.74) is 2.93. The van der Waals surface area contributed by atoms with Crippen LogP contribution in [0.2, 0.25) is 0 Å². The predicted octanol–water partition coefficient (Wildman–Crippen LogP) is 6.48. The third-order valence-electron chi connectivity index (χ3n) is 5.18. The maximum absolute atomic E-state index is 12.6. The van der Waals surface area contributed by atoms with Crippen LogP contribution in [0.1, 0.15) is 36.7 Å². The summed E-state index contributed by atoms with van der Waals surface area (Å²) >= 11 is 0. The second-order valence-electron chi connectivity index (χ2n) is 9.31. The van der Waals surface area contributed by atoms with Gasteiger partial charge in [0.25, 0.3) is 5.91 Å². The second kappa shape index (κ2) is 11.2. The molecule has 0 atom stereocenters. The van der Waals surface area contributed by atoms with E-state index in [0.717, 1.165) is 5.56 Å². The molecule has 8 nitrogen and oxygen atoms in total. The highest BCUT2D eigenvalue weighted by Gasteiger charge is 2.38. The van der Waals surface area contributed by atoms with Crippen molar-refractivity contribution in [3.05, 3.63) is 78.0 Å². The minimum absolute atomic E-state index is 0.0155. The fourth-order valence-electron chi connectivity index (χ4n) is 3.26. The van der Waals surface area contributed by atoms with E-state index in [1.54, 1.807) is 30.3 Å². The van der Waals surface area contributed by atoms with Crippen molar-refractivity contribution < 1.29 is 45.8 Å². The number of ether oxygens (including phenoxy) is 1. The molecule has 0 aliphatic carbocycles. The maximum Gasteiger partial charge on any atom is 0.573 e. The number of carbonyl (C=O) groups excluding carboxylic acids is 1. The van der Waals surface area contributed by atoms with Crippen LogP contribution in [-0.2, 0) is 10.2 Å². The average Bonchev–Trinajstić information content (AvgIpc) is 3.24. The van der Waals surface area contributed by atoms with Crippen molar-refractivity contribution in [2.24, 2.45) is 0 Å². The fraction of sp³-hybridized carbons (Fsp3) is 0.231. The number of carbonyl (C=O) groups is 2. The molecule has 0 bridgehead atoms. The molecule has 0 saturated heterocycles. The average molecular weight is 568 g/mol. The molecule has 4 aromatic rings. The van der Waals surface area contributed by atoms with Gasteiger partial charge in [0, 0.05) is 11.1 Å². The topological polar surface area (TPSA) is 106 Å². The van der Waals surface area contributed by atoms with Crippen LogP contribution >= 0.6 is 0 Å². The minimum Gasteiger partial charge on any atom is -0.475 e. The van der Waals surface area contributed by atoms with Crippen LogP contribution in [0, 0.1) is 0 Å². The SMILES string of the molecule is CC(C)(C)c1ccc(C(=O)Nc2cn3nc(-c4cccc(OC(F)(F)F)c4)ccc3n2)cc1.O=C(O)C(F)(F)F. The van der Waals surface area contributed by atoms with Gasteiger partial charge in [-0.05, 0) is 47.4 Å². The zero-order chi connectivity index (χ0) is 29.9. The van der Waals surface area contributed by atoms with E-state index in [1.807, 2.05) is 12.1 Å². The van der Waals surface area contributed by atoms with Crippen LogP contribution in [0.25, 0.3) is 16.9 Å². The molecule has 4 rings (SSSR count). The normalized spacial score (nSPS) is 11.9. The Morgan fingerprint density at radius 3 is 2.10 bits per heavy atom. The van der Waals surface area contributed by atoms with Gasteiger partial charge >= 0.3 is 18.5 Å². The number of aromatic nitrogens is 3. The molecule has 2 heterocycles. The van der Waals surface area contributed by atoms with Crippen molar-refractivity contribution in [2.45, 2.75) is 38.7 Å². The number of nitrogens with one attached hydrogen (secondary N) is 1. The molecule has 0 spiro atoms. The van der Waals surface area contributed by atoms with Crippen LogP contribution in [0.3, 0.4) is 0 Å². The smallest absolute Gasteiger partial charge is 0.475 e. The van der Waals surface area contributed by atoms with Crippen molar-refractivity contribution in [2.75, 3.05) is 5.32 Å². The predicted molar refractivity (Wildman–Crippen MR) is 132 cm³/mol. The van der Waals surface area contributed by atoms with Crippen molar-refractivity contribution in [1.29, 1.82) is 0 Å². The lowest BCUT2D eigenvalue weighted by Gasteiger charge is -2.18. The number of hydrogen-bond acceptors (Lipinski definition) is 5. The number of fused-ring (bicyclic) bond motifs is 1. The van der Waals surface area contributed by atoms with Gasteiger partial charge < -0.3 is 15.2 Å². The van der Waals surface area contributed by atoms with E-state index in [4.69, 9.17) is 9.90 Å². The molecule has 0 fully saturated rings. The molecule has 2 aromatic carbocycles. The molecule has 1 amide bonds. The van der Waals surface area contributed by atoms with Crippen LogP contribution < -0.4 is 10.1 Å². The maximum atomic E-state index is 12.6. The van der Waals surface area contributed by atoms with Gasteiger partial charge in [0.1, 0.15) is 5.75 Å². The van der Waals surface area contributed by atoms with Crippen LogP contribution in [-0.4, -0.2) is 44.1 Å². The highest BCUT2D eigenvalue weighted by atomic mass is 19.4. The largest absolute Gasteiger partial charge is 0.573 e. The molecule has 2 aromatic heterocycles. The van der Waals surface area contributed by atoms with Crippen LogP contribution in [0.5, 0.6) is 5.75 Å².